The minimum atomic E-state index is -1.85. The van der Waals surface area contributed by atoms with Crippen LogP contribution >= 0.6 is 55.1 Å². The summed E-state index contributed by atoms with van der Waals surface area (Å²) in [6.07, 6.45) is -14.4. The first-order valence-electron chi connectivity index (χ1n) is 13.7. The van der Waals surface area contributed by atoms with E-state index >= 15 is 0 Å². The number of aromatic hydroxyl groups is 1. The number of benzene rings is 2. The van der Waals surface area contributed by atoms with Crippen molar-refractivity contribution in [3.05, 3.63) is 55.6 Å². The van der Waals surface area contributed by atoms with Crippen molar-refractivity contribution < 1.29 is 74.9 Å². The Labute approximate surface area is 315 Å². The number of aliphatic hydroxyl groups excluding tert-OH is 7. The molecule has 11 N–H and O–H groups in total. The third kappa shape index (κ3) is 9.43. The molecule has 10 atom stereocenters. The topological polar surface area (TPSA) is 299 Å². The molecule has 2 aromatic heterocycles. The molecule has 2 aliphatic rings. The van der Waals surface area contributed by atoms with Gasteiger partial charge >= 0.3 is 5.97 Å². The van der Waals surface area contributed by atoms with E-state index in [1.165, 1.54) is 12.4 Å². The lowest BCUT2D eigenvalue weighted by Crippen LogP contribution is -2.62. The number of hydrogen-bond donors (Lipinski definition) is 11. The minimum absolute atomic E-state index is 0. The standard InChI is InChI=1S/C14H13BrClNO7.C8H5BrClNO.C6H10O7.2CH4/c15-4-1-2-5-7(8(4)16)6(3-17-5)23-14-11(20)9(18)10(19)12(24-14)13(21)22;9-4-1-2-5-7(8(4)10)6(12)3-11-5;7-1-2(8)4(5(10)11)13-6(12)3(1)9;;/h1-3,9-12,14,17-20H,(H,21,22);1-3,11-12H;1-4,6-9,12H,(H,10,11);2*1H4/p-1/t9?,10-,11-,12?,14+;;1?,2-,3-,4?,6?;;/m0.0../s1. The van der Waals surface area contributed by atoms with Crippen molar-refractivity contribution in [1.82, 2.24) is 9.97 Å². The van der Waals surface area contributed by atoms with Crippen LogP contribution in [-0.2, 0) is 19.1 Å². The van der Waals surface area contributed by atoms with Gasteiger partial charge in [-0.3, -0.25) is 0 Å². The van der Waals surface area contributed by atoms with Gasteiger partial charge in [-0.1, -0.05) is 38.1 Å². The summed E-state index contributed by atoms with van der Waals surface area (Å²) in [6, 6.07) is 7.16. The lowest BCUT2D eigenvalue weighted by Gasteiger charge is -2.38. The summed E-state index contributed by atoms with van der Waals surface area (Å²) in [5.74, 6) is -2.87. The number of halogens is 4. The number of fused-ring (bicyclic) bond motifs is 2. The van der Waals surface area contributed by atoms with Gasteiger partial charge in [0.2, 0.25) is 6.29 Å². The van der Waals surface area contributed by atoms with E-state index in [1.54, 1.807) is 12.1 Å². The number of H-pyrrole nitrogens is 2. The van der Waals surface area contributed by atoms with E-state index in [9.17, 15) is 35.1 Å². The number of aromatic amines is 2. The molecule has 0 aliphatic carbocycles. The minimum Gasteiger partial charge on any atom is -0.547 e. The van der Waals surface area contributed by atoms with Gasteiger partial charge in [-0.2, -0.15) is 0 Å². The normalized spacial score (nSPS) is 28.6. The fourth-order valence-electron chi connectivity index (χ4n) is 4.69. The molecule has 51 heavy (non-hydrogen) atoms. The van der Waals surface area contributed by atoms with Crippen molar-refractivity contribution >= 4 is 88.8 Å². The van der Waals surface area contributed by atoms with Gasteiger partial charge in [-0.15, -0.1) is 0 Å². The van der Waals surface area contributed by atoms with Crippen LogP contribution in [0.3, 0.4) is 0 Å². The maximum absolute atomic E-state index is 11.1. The van der Waals surface area contributed by atoms with Crippen molar-refractivity contribution in [1.29, 1.82) is 0 Å². The summed E-state index contributed by atoms with van der Waals surface area (Å²) in [5.41, 5.74) is 1.49. The predicted octanol–water partition coefficient (Wildman–Crippen LogP) is 0.953. The first-order chi connectivity index (χ1) is 23.0. The van der Waals surface area contributed by atoms with Crippen molar-refractivity contribution in [2.45, 2.75) is 76.3 Å². The average molecular weight is 894 g/mol. The zero-order valence-corrected chi connectivity index (χ0v) is 28.9. The maximum atomic E-state index is 11.1. The van der Waals surface area contributed by atoms with E-state index in [0.717, 1.165) is 9.99 Å². The van der Waals surface area contributed by atoms with E-state index < -0.39 is 73.4 Å². The lowest BCUT2D eigenvalue weighted by atomic mass is 9.99. The van der Waals surface area contributed by atoms with Gasteiger partial charge in [0.15, 0.2) is 12.4 Å². The summed E-state index contributed by atoms with van der Waals surface area (Å²) < 4.78 is 16.3. The second-order valence-electron chi connectivity index (χ2n) is 10.5. The summed E-state index contributed by atoms with van der Waals surface area (Å²) in [4.78, 5) is 27.2. The molecule has 284 valence electrons. The first kappa shape index (κ1) is 44.4. The number of aliphatic hydroxyl groups is 7. The highest BCUT2D eigenvalue weighted by molar-refractivity contribution is 9.10. The number of nitrogens with one attached hydrogen (secondary N) is 2. The summed E-state index contributed by atoms with van der Waals surface area (Å²) in [6.45, 7) is 0. The Morgan fingerprint density at radius 1 is 0.725 bits per heavy atom. The Morgan fingerprint density at radius 3 is 1.76 bits per heavy atom. The van der Waals surface area contributed by atoms with Crippen LogP contribution in [-0.4, -0.2) is 129 Å². The second-order valence-corrected chi connectivity index (χ2v) is 13.0. The summed E-state index contributed by atoms with van der Waals surface area (Å²) in [7, 11) is 0. The van der Waals surface area contributed by atoms with Crippen molar-refractivity contribution in [2.24, 2.45) is 0 Å². The van der Waals surface area contributed by atoms with Gasteiger partial charge in [-0.05, 0) is 56.1 Å². The number of carbonyl (C=O) groups is 2. The zero-order chi connectivity index (χ0) is 36.5. The molecule has 4 aromatic rings. The van der Waals surface area contributed by atoms with Gasteiger partial charge in [0.1, 0.15) is 54.2 Å². The highest BCUT2D eigenvalue weighted by Gasteiger charge is 2.48. The molecule has 17 nitrogen and oxygen atoms in total. The van der Waals surface area contributed by atoms with Crippen LogP contribution in [0.4, 0.5) is 0 Å². The molecular formula is C30H35Br2Cl2N2O15-. The number of carbonyl (C=O) groups excluding carboxylic acids is 1. The van der Waals surface area contributed by atoms with Gasteiger partial charge in [-0.25, -0.2) is 4.79 Å². The van der Waals surface area contributed by atoms with Crippen LogP contribution in [0.2, 0.25) is 10.0 Å². The number of aromatic nitrogens is 2. The summed E-state index contributed by atoms with van der Waals surface area (Å²) >= 11 is 18.7. The summed E-state index contributed by atoms with van der Waals surface area (Å²) in [5, 5.41) is 96.0. The van der Waals surface area contributed by atoms with Crippen LogP contribution in [0.1, 0.15) is 14.9 Å². The number of carboxylic acid groups (broad SMARTS) is 2. The molecule has 4 heterocycles. The second kappa shape index (κ2) is 18.3. The first-order valence-corrected chi connectivity index (χ1v) is 16.1. The van der Waals surface area contributed by atoms with Crippen LogP contribution in [0.5, 0.6) is 11.5 Å². The molecule has 0 bridgehead atoms. The number of aliphatic carboxylic acids is 2. The fourth-order valence-corrected chi connectivity index (χ4v) is 5.87. The van der Waals surface area contributed by atoms with E-state index in [2.05, 4.69) is 46.6 Å². The van der Waals surface area contributed by atoms with Gasteiger partial charge in [0.25, 0.3) is 0 Å². The molecule has 0 spiro atoms. The molecule has 21 heteroatoms. The SMILES string of the molecule is C.C.O=C(O)C1O[C@@H](Oc2c[nH]c3ccc(Br)c(Cl)c23)[C@@H](O)C(O)[C@@H]1O.O=C([O-])C1OC(O)[C@@H](O)C(O)[C@@H]1O.Oc1c[nH]c2ccc(Br)c(Cl)c12. The Kier molecular flexibility index (Phi) is 16.0. The molecule has 0 amide bonds. The molecule has 0 saturated carbocycles. The molecule has 2 aromatic carbocycles. The monoisotopic (exact) mass is 891 g/mol. The van der Waals surface area contributed by atoms with Crippen LogP contribution in [0.25, 0.3) is 21.8 Å². The molecule has 5 unspecified atom stereocenters. The lowest BCUT2D eigenvalue weighted by molar-refractivity contribution is -0.345. The largest absolute Gasteiger partial charge is 0.547 e. The van der Waals surface area contributed by atoms with E-state index in [0.29, 0.717) is 30.8 Å². The fraction of sp³-hybridized carbons (Fsp3) is 0.400. The van der Waals surface area contributed by atoms with Crippen LogP contribution < -0.4 is 9.84 Å². The van der Waals surface area contributed by atoms with Gasteiger partial charge in [0.05, 0.1) is 37.8 Å². The van der Waals surface area contributed by atoms with Gasteiger partial charge in [0, 0.05) is 21.3 Å². The molecular weight excluding hydrogens is 859 g/mol. The molecule has 2 saturated heterocycles. The zero-order valence-electron chi connectivity index (χ0n) is 24.2. The third-order valence-corrected chi connectivity index (χ3v) is 9.86. The average Bonchev–Trinajstić information content (AvgIpc) is 3.65. The third-order valence-electron chi connectivity index (χ3n) is 7.29. The number of carboxylic acids is 2. The Morgan fingerprint density at radius 2 is 1.22 bits per heavy atom. The molecule has 0 radical (unpaired) electrons. The molecule has 2 fully saturated rings. The molecule has 2 aliphatic heterocycles. The van der Waals surface area contributed by atoms with E-state index in [4.69, 9.17) is 58.2 Å². The number of rotatable bonds is 4. The van der Waals surface area contributed by atoms with Crippen molar-refractivity contribution in [3.8, 4) is 11.5 Å². The smallest absolute Gasteiger partial charge is 0.335 e. The van der Waals surface area contributed by atoms with E-state index in [-0.39, 0.29) is 26.4 Å². The van der Waals surface area contributed by atoms with E-state index in [1.807, 2.05) is 12.1 Å². The van der Waals surface area contributed by atoms with Crippen LogP contribution in [0.15, 0.2) is 45.6 Å². The predicted molar refractivity (Wildman–Crippen MR) is 186 cm³/mol. The van der Waals surface area contributed by atoms with Gasteiger partial charge < -0.3 is 80.0 Å². The number of ether oxygens (including phenoxy) is 3. The highest BCUT2D eigenvalue weighted by Crippen LogP contribution is 2.39. The Bertz CT molecular complexity index is 1810. The molecule has 6 rings (SSSR count). The Hall–Kier alpha value is -2.76. The van der Waals surface area contributed by atoms with Crippen LogP contribution in [0, 0.1) is 0 Å². The van der Waals surface area contributed by atoms with Crippen molar-refractivity contribution in [3.63, 3.8) is 0 Å². The maximum Gasteiger partial charge on any atom is 0.335 e. The number of hydrogen-bond acceptors (Lipinski definition) is 14. The highest BCUT2D eigenvalue weighted by atomic mass is 79.9. The Balaban J connectivity index is 0.000000284. The van der Waals surface area contributed by atoms with Crippen molar-refractivity contribution in [2.75, 3.05) is 0 Å². The quantitative estimate of drug-likeness (QED) is 0.136.